The van der Waals surface area contributed by atoms with Crippen molar-refractivity contribution < 1.29 is 34.2 Å². The number of aliphatic carboxylic acids is 3. The molecule has 0 aliphatic carbocycles. The number of quaternary nitrogens is 1. The molecule has 0 heterocycles. The lowest BCUT2D eigenvalue weighted by molar-refractivity contribution is -0.929. The monoisotopic (exact) mass is 511 g/mol. The highest BCUT2D eigenvalue weighted by Gasteiger charge is 2.30. The van der Waals surface area contributed by atoms with Crippen LogP contribution >= 0.6 is 0 Å². The fraction of sp³-hybridized carbons (Fsp3) is 0.828. The van der Waals surface area contributed by atoms with Crippen LogP contribution in [0.25, 0.3) is 0 Å². The fourth-order valence-electron chi connectivity index (χ4n) is 4.43. The number of rotatable bonds is 24. The molecule has 0 aromatic rings. The summed E-state index contributed by atoms with van der Waals surface area (Å²) in [5, 5.41) is 30.1. The summed E-state index contributed by atoms with van der Waals surface area (Å²) in [5.41, 5.74) is 0. The molecule has 210 valence electrons. The summed E-state index contributed by atoms with van der Waals surface area (Å²) < 4.78 is 0.564. The largest absolute Gasteiger partial charge is 0.550 e. The first-order valence-electron chi connectivity index (χ1n) is 14.2. The first-order valence-corrected chi connectivity index (χ1v) is 14.2. The lowest BCUT2D eigenvalue weighted by Crippen LogP contribution is -2.52. The summed E-state index contributed by atoms with van der Waals surface area (Å²) in [6.07, 6.45) is 17.7. The van der Waals surface area contributed by atoms with Gasteiger partial charge in [0.1, 0.15) is 0 Å². The molecule has 7 nitrogen and oxygen atoms in total. The second-order valence-electron chi connectivity index (χ2n) is 10.8. The van der Waals surface area contributed by atoms with E-state index in [4.69, 9.17) is 0 Å². The van der Waals surface area contributed by atoms with Crippen molar-refractivity contribution in [3.05, 3.63) is 12.2 Å². The molecule has 0 bridgehead atoms. The normalized spacial score (nSPS) is 15.9. The van der Waals surface area contributed by atoms with E-state index in [0.717, 1.165) is 32.2 Å². The highest BCUT2D eigenvalue weighted by atomic mass is 16.4. The van der Waals surface area contributed by atoms with E-state index in [2.05, 4.69) is 19.1 Å². The third-order valence-corrected chi connectivity index (χ3v) is 7.50. The van der Waals surface area contributed by atoms with Gasteiger partial charge >= 0.3 is 11.9 Å². The molecule has 3 unspecified atom stereocenters. The van der Waals surface area contributed by atoms with Crippen molar-refractivity contribution in [2.75, 3.05) is 26.2 Å². The van der Waals surface area contributed by atoms with Crippen molar-refractivity contribution in [1.82, 2.24) is 0 Å². The molecule has 0 aliphatic heterocycles. The Morgan fingerprint density at radius 3 is 1.53 bits per heavy atom. The molecule has 2 N–H and O–H groups in total. The second kappa shape index (κ2) is 20.2. The molecule has 0 spiro atoms. The van der Waals surface area contributed by atoms with Gasteiger partial charge in [0.05, 0.1) is 38.0 Å². The van der Waals surface area contributed by atoms with Crippen LogP contribution in [0.15, 0.2) is 12.2 Å². The van der Waals surface area contributed by atoms with Crippen LogP contribution in [0.2, 0.25) is 0 Å². The minimum Gasteiger partial charge on any atom is -0.550 e. The number of allylic oxidation sites excluding steroid dienone is 2. The number of carboxylic acids is 3. The van der Waals surface area contributed by atoms with Gasteiger partial charge in [-0.1, -0.05) is 72.0 Å². The van der Waals surface area contributed by atoms with Gasteiger partial charge in [-0.3, -0.25) is 9.59 Å². The van der Waals surface area contributed by atoms with Crippen LogP contribution in [-0.4, -0.2) is 58.8 Å². The Morgan fingerprint density at radius 1 is 0.667 bits per heavy atom. The summed E-state index contributed by atoms with van der Waals surface area (Å²) in [5.74, 6) is -4.36. The van der Waals surface area contributed by atoms with E-state index in [1.807, 2.05) is 0 Å². The van der Waals surface area contributed by atoms with Crippen molar-refractivity contribution in [1.29, 1.82) is 0 Å². The predicted octanol–water partition coefficient (Wildman–Crippen LogP) is 5.28. The van der Waals surface area contributed by atoms with Crippen molar-refractivity contribution in [3.8, 4) is 0 Å². The maximum atomic E-state index is 11.4. The molecule has 0 fully saturated rings. The van der Waals surface area contributed by atoms with E-state index in [0.29, 0.717) is 43.4 Å². The minimum absolute atomic E-state index is 0.434. The lowest BCUT2D eigenvalue weighted by Gasteiger charge is -2.41. The van der Waals surface area contributed by atoms with Crippen LogP contribution in [-0.2, 0) is 14.4 Å². The van der Waals surface area contributed by atoms with Crippen LogP contribution in [0.4, 0.5) is 0 Å². The number of carboxylic acid groups (broad SMARTS) is 3. The average molecular weight is 512 g/mol. The third-order valence-electron chi connectivity index (χ3n) is 7.50. The number of unbranched alkanes of at least 4 members (excludes halogenated alkanes) is 8. The van der Waals surface area contributed by atoms with Gasteiger partial charge in [-0.2, -0.15) is 0 Å². The van der Waals surface area contributed by atoms with Gasteiger partial charge in [0.25, 0.3) is 0 Å². The molecule has 0 rings (SSSR count). The topological polar surface area (TPSA) is 115 Å². The predicted molar refractivity (Wildman–Crippen MR) is 142 cm³/mol. The highest BCUT2D eigenvalue weighted by molar-refractivity contribution is 5.69. The molecule has 7 heteroatoms. The zero-order valence-electron chi connectivity index (χ0n) is 23.4. The first-order chi connectivity index (χ1) is 17.0. The fourth-order valence-corrected chi connectivity index (χ4v) is 4.43. The number of carbonyl (C=O) groups is 3. The molecular formula is C29H53NO6. The zero-order chi connectivity index (χ0) is 27.4. The highest BCUT2D eigenvalue weighted by Crippen LogP contribution is 2.21. The maximum Gasteiger partial charge on any atom is 0.306 e. The minimum atomic E-state index is -1.08. The van der Waals surface area contributed by atoms with Crippen molar-refractivity contribution in [2.45, 2.75) is 111 Å². The molecule has 0 amide bonds. The molecule has 36 heavy (non-hydrogen) atoms. The zero-order valence-corrected chi connectivity index (χ0v) is 23.4. The Hall–Kier alpha value is -1.89. The summed E-state index contributed by atoms with van der Waals surface area (Å²) >= 11 is 0. The summed E-state index contributed by atoms with van der Waals surface area (Å²) in [7, 11) is 0. The van der Waals surface area contributed by atoms with E-state index in [1.54, 1.807) is 20.8 Å². The van der Waals surface area contributed by atoms with E-state index in [9.17, 15) is 29.7 Å². The van der Waals surface area contributed by atoms with Gasteiger partial charge in [-0.15, -0.1) is 0 Å². The van der Waals surface area contributed by atoms with E-state index >= 15 is 0 Å². The number of hydrogen-bond donors (Lipinski definition) is 2. The van der Waals surface area contributed by atoms with Crippen LogP contribution in [0.1, 0.15) is 111 Å². The van der Waals surface area contributed by atoms with Gasteiger partial charge in [-0.05, 0) is 32.1 Å². The Labute approximate surface area is 219 Å². The Morgan fingerprint density at radius 2 is 1.08 bits per heavy atom. The molecule has 3 atom stereocenters. The maximum absolute atomic E-state index is 11.4. The number of nitrogens with zero attached hydrogens (tertiary/aromatic N) is 1. The standard InChI is InChI=1S/C29H53NO6/c1-5-6-7-8-9-10-11-12-13-14-15-16-20-30(21-17-24(2)27(31)32,22-18-25(3)28(33)34)23-19-26(4)29(35)36/h12-13,24-26H,5-11,14-23H2,1-4H3,(H2-,31,32,33,34,35,36)/b13-12+. The van der Waals surface area contributed by atoms with Gasteiger partial charge < -0.3 is 24.6 Å². The van der Waals surface area contributed by atoms with Gasteiger partial charge in [0, 0.05) is 31.1 Å². The summed E-state index contributed by atoms with van der Waals surface area (Å²) in [6.45, 7) is 9.84. The number of hydrogen-bond acceptors (Lipinski definition) is 4. The average Bonchev–Trinajstić information content (AvgIpc) is 2.84. The molecule has 0 radical (unpaired) electrons. The Balaban J connectivity index is 5.00. The number of carbonyl (C=O) groups excluding carboxylic acids is 1. The molecule has 0 aliphatic rings. The van der Waals surface area contributed by atoms with Crippen molar-refractivity contribution >= 4 is 17.9 Å². The van der Waals surface area contributed by atoms with Crippen molar-refractivity contribution in [2.24, 2.45) is 17.8 Å². The smallest absolute Gasteiger partial charge is 0.306 e. The van der Waals surface area contributed by atoms with Crippen LogP contribution < -0.4 is 5.11 Å². The second-order valence-corrected chi connectivity index (χ2v) is 10.8. The van der Waals surface area contributed by atoms with Crippen LogP contribution in [0.3, 0.4) is 0 Å². The summed E-state index contributed by atoms with van der Waals surface area (Å²) in [6, 6.07) is 0. The molecular weight excluding hydrogens is 458 g/mol. The van der Waals surface area contributed by atoms with E-state index in [-0.39, 0.29) is 0 Å². The van der Waals surface area contributed by atoms with Gasteiger partial charge in [0.2, 0.25) is 0 Å². The quantitative estimate of drug-likeness (QED) is 0.104. The third kappa shape index (κ3) is 16.7. The summed E-state index contributed by atoms with van der Waals surface area (Å²) in [4.78, 5) is 34.2. The lowest BCUT2D eigenvalue weighted by atomic mass is 10.0. The first kappa shape index (κ1) is 34.1. The molecule has 0 saturated heterocycles. The van der Waals surface area contributed by atoms with Crippen molar-refractivity contribution in [3.63, 3.8) is 0 Å². The van der Waals surface area contributed by atoms with Gasteiger partial charge in [-0.25, -0.2) is 0 Å². The van der Waals surface area contributed by atoms with Crippen LogP contribution in [0.5, 0.6) is 0 Å². The van der Waals surface area contributed by atoms with E-state index in [1.165, 1.54) is 38.5 Å². The van der Waals surface area contributed by atoms with Crippen LogP contribution in [0, 0.1) is 17.8 Å². The Kier molecular flexibility index (Phi) is 19.1. The molecule has 0 saturated carbocycles. The molecule has 0 aromatic heterocycles. The molecule has 0 aromatic carbocycles. The SMILES string of the molecule is CCCCCCCC/C=C/CCCC[N+](CCC(C)C(=O)[O-])(CCC(C)C(=O)O)CCC(C)C(=O)O. The Bertz CT molecular complexity index is 588. The van der Waals surface area contributed by atoms with Gasteiger partial charge in [0.15, 0.2) is 0 Å². The van der Waals surface area contributed by atoms with E-state index < -0.39 is 35.7 Å².